The van der Waals surface area contributed by atoms with Gasteiger partial charge in [0.15, 0.2) is 17.3 Å². The van der Waals surface area contributed by atoms with E-state index in [4.69, 9.17) is 9.47 Å². The molecule has 0 atom stereocenters. The number of hydrogen-bond donors (Lipinski definition) is 0. The number of methoxy groups -OCH3 is 2. The third-order valence-electron chi connectivity index (χ3n) is 3.21. The summed E-state index contributed by atoms with van der Waals surface area (Å²) in [7, 11) is 4.86. The molecular weight excluding hydrogens is 272 g/mol. The summed E-state index contributed by atoms with van der Waals surface area (Å²) < 4.78 is 13.3. The third-order valence-corrected chi connectivity index (χ3v) is 3.21. The first-order valence-electron chi connectivity index (χ1n) is 6.28. The lowest BCUT2D eigenvalue weighted by molar-refractivity contribution is 0.356. The second-order valence-electron chi connectivity index (χ2n) is 4.50. The number of aromatic nitrogens is 4. The van der Waals surface area contributed by atoms with Crippen molar-refractivity contribution < 1.29 is 9.47 Å². The van der Waals surface area contributed by atoms with Crippen LogP contribution in [-0.2, 0) is 7.05 Å². The summed E-state index contributed by atoms with van der Waals surface area (Å²) in [4.78, 5) is 12.6. The van der Waals surface area contributed by atoms with Crippen LogP contribution in [0.15, 0.2) is 35.4 Å². The van der Waals surface area contributed by atoms with E-state index in [1.54, 1.807) is 49.4 Å². The minimum Gasteiger partial charge on any atom is -0.493 e. The Morgan fingerprint density at radius 2 is 1.86 bits per heavy atom. The molecule has 7 heteroatoms. The number of fused-ring (bicyclic) bond motifs is 1. The Labute approximate surface area is 120 Å². The number of benzene rings is 1. The summed E-state index contributed by atoms with van der Waals surface area (Å²) in [6, 6.07) is 5.10. The number of rotatable bonds is 3. The molecule has 0 unspecified atom stereocenters. The molecule has 21 heavy (non-hydrogen) atoms. The van der Waals surface area contributed by atoms with Crippen molar-refractivity contribution in [2.75, 3.05) is 14.2 Å². The SMILES string of the molecule is COc1cc2cnn(-c3ccn(C)n3)c(=O)c2cc1OC. The zero-order chi connectivity index (χ0) is 15.0. The summed E-state index contributed by atoms with van der Waals surface area (Å²) in [5.74, 6) is 1.53. The number of ether oxygens (including phenoxy) is 2. The zero-order valence-electron chi connectivity index (χ0n) is 11.9. The second kappa shape index (κ2) is 4.93. The molecule has 0 saturated carbocycles. The maximum Gasteiger partial charge on any atom is 0.281 e. The van der Waals surface area contributed by atoms with Gasteiger partial charge in [-0.05, 0) is 12.1 Å². The average Bonchev–Trinajstić information content (AvgIpc) is 2.92. The van der Waals surface area contributed by atoms with Crippen molar-refractivity contribution in [2.24, 2.45) is 7.05 Å². The number of nitrogens with zero attached hydrogens (tertiary/aromatic N) is 4. The van der Waals surface area contributed by atoms with Crippen LogP contribution >= 0.6 is 0 Å². The Balaban J connectivity index is 2.27. The van der Waals surface area contributed by atoms with Gasteiger partial charge in [-0.25, -0.2) is 0 Å². The van der Waals surface area contributed by atoms with E-state index in [0.717, 1.165) is 0 Å². The highest BCUT2D eigenvalue weighted by molar-refractivity contribution is 5.84. The molecule has 0 aliphatic heterocycles. The Hall–Kier alpha value is -2.83. The van der Waals surface area contributed by atoms with E-state index in [0.29, 0.717) is 28.1 Å². The first-order chi connectivity index (χ1) is 10.1. The molecule has 0 saturated heterocycles. The highest BCUT2D eigenvalue weighted by atomic mass is 16.5. The van der Waals surface area contributed by atoms with Gasteiger partial charge in [0.2, 0.25) is 0 Å². The molecule has 7 nitrogen and oxygen atoms in total. The van der Waals surface area contributed by atoms with Crippen LogP contribution < -0.4 is 15.0 Å². The molecule has 3 rings (SSSR count). The van der Waals surface area contributed by atoms with E-state index in [2.05, 4.69) is 10.2 Å². The second-order valence-corrected chi connectivity index (χ2v) is 4.50. The summed E-state index contributed by atoms with van der Waals surface area (Å²) in [6.07, 6.45) is 3.36. The van der Waals surface area contributed by atoms with Crippen LogP contribution in [0.3, 0.4) is 0 Å². The lowest BCUT2D eigenvalue weighted by Crippen LogP contribution is -2.21. The minimum atomic E-state index is -0.257. The molecule has 3 aromatic rings. The van der Waals surface area contributed by atoms with Gasteiger partial charge in [-0.1, -0.05) is 0 Å². The van der Waals surface area contributed by atoms with Crippen molar-refractivity contribution in [1.82, 2.24) is 19.6 Å². The minimum absolute atomic E-state index is 0.257. The van der Waals surface area contributed by atoms with Crippen LogP contribution in [0.25, 0.3) is 16.6 Å². The predicted molar refractivity (Wildman–Crippen MR) is 77.2 cm³/mol. The van der Waals surface area contributed by atoms with E-state index >= 15 is 0 Å². The van der Waals surface area contributed by atoms with Gasteiger partial charge in [-0.2, -0.15) is 14.9 Å². The standard InChI is InChI=1S/C14H14N4O3/c1-17-5-4-13(16-17)18-14(19)10-7-12(21-3)11(20-2)6-9(10)8-15-18/h4-8H,1-3H3. The van der Waals surface area contributed by atoms with Gasteiger partial charge < -0.3 is 9.47 Å². The number of hydrogen-bond acceptors (Lipinski definition) is 5. The van der Waals surface area contributed by atoms with Crippen molar-refractivity contribution in [2.45, 2.75) is 0 Å². The molecule has 0 N–H and O–H groups in total. The van der Waals surface area contributed by atoms with Crippen molar-refractivity contribution in [3.8, 4) is 17.3 Å². The average molecular weight is 286 g/mol. The maximum absolute atomic E-state index is 12.6. The fraction of sp³-hybridized carbons (Fsp3) is 0.214. The molecule has 0 bridgehead atoms. The molecule has 108 valence electrons. The van der Waals surface area contributed by atoms with Gasteiger partial charge in [-0.15, -0.1) is 0 Å². The van der Waals surface area contributed by atoms with Crippen LogP contribution in [0.5, 0.6) is 11.5 Å². The van der Waals surface area contributed by atoms with Crippen molar-refractivity contribution in [3.05, 3.63) is 40.9 Å². The zero-order valence-corrected chi connectivity index (χ0v) is 11.9. The van der Waals surface area contributed by atoms with E-state index in [9.17, 15) is 4.79 Å². The molecular formula is C14H14N4O3. The third kappa shape index (κ3) is 2.12. The molecule has 0 radical (unpaired) electrons. The smallest absolute Gasteiger partial charge is 0.281 e. The maximum atomic E-state index is 12.6. The molecule has 0 amide bonds. The van der Waals surface area contributed by atoms with E-state index in [1.165, 1.54) is 11.8 Å². The Morgan fingerprint density at radius 1 is 1.14 bits per heavy atom. The van der Waals surface area contributed by atoms with Gasteiger partial charge in [-0.3, -0.25) is 9.48 Å². The van der Waals surface area contributed by atoms with Crippen LogP contribution in [0, 0.1) is 0 Å². The summed E-state index contributed by atoms with van der Waals surface area (Å²) in [6.45, 7) is 0. The van der Waals surface area contributed by atoms with Crippen LogP contribution in [0.4, 0.5) is 0 Å². The lowest BCUT2D eigenvalue weighted by atomic mass is 10.2. The lowest BCUT2D eigenvalue weighted by Gasteiger charge is -2.09. The highest BCUT2D eigenvalue weighted by Crippen LogP contribution is 2.30. The highest BCUT2D eigenvalue weighted by Gasteiger charge is 2.12. The Morgan fingerprint density at radius 3 is 2.48 bits per heavy atom. The van der Waals surface area contributed by atoms with Crippen molar-refractivity contribution in [3.63, 3.8) is 0 Å². The molecule has 0 spiro atoms. The summed E-state index contributed by atoms with van der Waals surface area (Å²) in [5, 5.41) is 9.52. The quantitative estimate of drug-likeness (QED) is 0.722. The molecule has 2 heterocycles. The topological polar surface area (TPSA) is 71.2 Å². The van der Waals surface area contributed by atoms with Crippen molar-refractivity contribution in [1.29, 1.82) is 0 Å². The molecule has 0 fully saturated rings. The first kappa shape index (κ1) is 13.2. The molecule has 0 aliphatic rings. The van der Waals surface area contributed by atoms with Gasteiger partial charge in [0.05, 0.1) is 25.8 Å². The van der Waals surface area contributed by atoms with Crippen LogP contribution in [0.1, 0.15) is 0 Å². The first-order valence-corrected chi connectivity index (χ1v) is 6.28. The molecule has 0 aliphatic carbocycles. The predicted octanol–water partition coefficient (Wildman–Crippen LogP) is 1.14. The van der Waals surface area contributed by atoms with Gasteiger partial charge in [0.1, 0.15) is 0 Å². The van der Waals surface area contributed by atoms with Gasteiger partial charge in [0.25, 0.3) is 5.56 Å². The fourth-order valence-electron chi connectivity index (χ4n) is 2.15. The molecule has 2 aromatic heterocycles. The summed E-state index contributed by atoms with van der Waals surface area (Å²) in [5.41, 5.74) is -0.257. The Bertz CT molecular complexity index is 866. The van der Waals surface area contributed by atoms with E-state index < -0.39 is 0 Å². The fourth-order valence-corrected chi connectivity index (χ4v) is 2.15. The van der Waals surface area contributed by atoms with E-state index in [1.807, 2.05) is 0 Å². The molecule has 1 aromatic carbocycles. The normalized spacial score (nSPS) is 10.8. The van der Waals surface area contributed by atoms with Crippen LogP contribution in [0.2, 0.25) is 0 Å². The largest absolute Gasteiger partial charge is 0.493 e. The Kier molecular flexibility index (Phi) is 3.09. The summed E-state index contributed by atoms with van der Waals surface area (Å²) >= 11 is 0. The van der Waals surface area contributed by atoms with Crippen molar-refractivity contribution >= 4 is 10.8 Å². The van der Waals surface area contributed by atoms with E-state index in [-0.39, 0.29) is 5.56 Å². The van der Waals surface area contributed by atoms with Gasteiger partial charge >= 0.3 is 0 Å². The van der Waals surface area contributed by atoms with Gasteiger partial charge in [0, 0.05) is 24.7 Å². The number of aryl methyl sites for hydroxylation is 1. The monoisotopic (exact) mass is 286 g/mol. The van der Waals surface area contributed by atoms with Crippen LogP contribution in [-0.4, -0.2) is 33.8 Å².